The monoisotopic (exact) mass is 379 g/mol. The average molecular weight is 380 g/mol. The molecular weight excluding hydrogens is 354 g/mol. The van der Waals surface area contributed by atoms with Crippen LogP contribution in [0.5, 0.6) is 0 Å². The Morgan fingerprint density at radius 2 is 1.46 bits per heavy atom. The van der Waals surface area contributed by atoms with E-state index in [0.29, 0.717) is 10.7 Å². The van der Waals surface area contributed by atoms with Crippen LogP contribution in [0.15, 0.2) is 41.6 Å². The summed E-state index contributed by atoms with van der Waals surface area (Å²) in [5, 5.41) is 0.634. The maximum Gasteiger partial charge on any atom is 0.347 e. The van der Waals surface area contributed by atoms with Crippen molar-refractivity contribution < 1.29 is 19.1 Å². The van der Waals surface area contributed by atoms with Gasteiger partial charge in [0, 0.05) is 19.1 Å². The molecule has 0 saturated heterocycles. The quantitative estimate of drug-likeness (QED) is 0.255. The minimum atomic E-state index is -0.749. The van der Waals surface area contributed by atoms with Crippen molar-refractivity contribution in [3.63, 3.8) is 0 Å². The van der Waals surface area contributed by atoms with E-state index in [-0.39, 0.29) is 11.0 Å². The van der Waals surface area contributed by atoms with Crippen LogP contribution in [0, 0.1) is 5.41 Å². The van der Waals surface area contributed by atoms with Gasteiger partial charge in [-0.15, -0.1) is 0 Å². The van der Waals surface area contributed by atoms with Crippen LogP contribution < -0.4 is 0 Å². The number of hydrogen-bond acceptors (Lipinski definition) is 5. The van der Waals surface area contributed by atoms with Crippen molar-refractivity contribution in [3.05, 3.63) is 52.2 Å². The number of carbonyl (C=O) groups is 2. The van der Waals surface area contributed by atoms with Gasteiger partial charge in [-0.2, -0.15) is 0 Å². The number of methoxy groups -OCH3 is 2. The Morgan fingerprint density at radius 3 is 1.81 bits per heavy atom. The molecule has 1 aromatic rings. The predicted molar refractivity (Wildman–Crippen MR) is 104 cm³/mol. The Hall–Kier alpha value is -2.27. The summed E-state index contributed by atoms with van der Waals surface area (Å²) < 4.78 is 9.57. The molecule has 0 bridgehead atoms. The van der Waals surface area contributed by atoms with E-state index < -0.39 is 11.9 Å². The van der Waals surface area contributed by atoms with Crippen molar-refractivity contribution in [2.24, 2.45) is 5.41 Å². The molecule has 0 aliphatic carbocycles. The summed E-state index contributed by atoms with van der Waals surface area (Å²) in [6, 6.07) is 7.42. The zero-order chi connectivity index (χ0) is 20.1. The van der Waals surface area contributed by atoms with E-state index in [2.05, 4.69) is 20.8 Å². The van der Waals surface area contributed by atoms with Gasteiger partial charge in [0.1, 0.15) is 0 Å². The number of nitrogens with zero attached hydrogens (tertiary/aromatic N) is 1. The lowest BCUT2D eigenvalue weighted by molar-refractivity contribution is -0.144. The van der Waals surface area contributed by atoms with Gasteiger partial charge in [0.15, 0.2) is 5.57 Å². The number of carbonyl (C=O) groups excluding carboxylic acids is 2. The molecule has 0 radical (unpaired) electrons. The van der Waals surface area contributed by atoms with Gasteiger partial charge in [-0.1, -0.05) is 44.5 Å². The van der Waals surface area contributed by atoms with Gasteiger partial charge in [0.25, 0.3) is 0 Å². The first-order valence-corrected chi connectivity index (χ1v) is 8.47. The van der Waals surface area contributed by atoms with Crippen LogP contribution >= 0.6 is 11.6 Å². The zero-order valence-electron chi connectivity index (χ0n) is 16.3. The fourth-order valence-corrected chi connectivity index (χ4v) is 2.55. The number of benzene rings is 1. The lowest BCUT2D eigenvalue weighted by Gasteiger charge is -2.26. The Morgan fingerprint density at radius 1 is 1.00 bits per heavy atom. The molecule has 0 saturated carbocycles. The first kappa shape index (κ1) is 21.8. The second-order valence-corrected chi connectivity index (χ2v) is 7.39. The molecule has 0 amide bonds. The third kappa shape index (κ3) is 5.36. The molecule has 0 atom stereocenters. The molecule has 142 valence electrons. The molecule has 6 heteroatoms. The van der Waals surface area contributed by atoms with Crippen LogP contribution in [0.1, 0.15) is 26.3 Å². The molecule has 26 heavy (non-hydrogen) atoms. The largest absolute Gasteiger partial charge is 0.465 e. The fourth-order valence-electron chi connectivity index (χ4n) is 2.42. The van der Waals surface area contributed by atoms with E-state index in [1.807, 2.05) is 18.2 Å². The predicted octanol–water partition coefficient (Wildman–Crippen LogP) is 3.93. The summed E-state index contributed by atoms with van der Waals surface area (Å²) in [5.74, 6) is -1.50. The fraction of sp³-hybridized carbons (Fsp3) is 0.400. The second kappa shape index (κ2) is 8.90. The highest BCUT2D eigenvalue weighted by Crippen LogP contribution is 2.36. The number of rotatable bonds is 5. The maximum atomic E-state index is 12.2. The smallest absolute Gasteiger partial charge is 0.347 e. The van der Waals surface area contributed by atoms with Gasteiger partial charge in [-0.25, -0.2) is 9.59 Å². The van der Waals surface area contributed by atoms with Crippen molar-refractivity contribution in [1.82, 2.24) is 4.90 Å². The molecule has 1 aromatic carbocycles. The molecule has 0 aromatic heterocycles. The first-order valence-electron chi connectivity index (χ1n) is 8.09. The summed E-state index contributed by atoms with van der Waals surface area (Å²) in [6.07, 6.45) is 1.81. The van der Waals surface area contributed by atoms with Crippen molar-refractivity contribution in [3.8, 4) is 0 Å². The summed E-state index contributed by atoms with van der Waals surface area (Å²) in [5.41, 5.74) is 1.87. The topological polar surface area (TPSA) is 55.8 Å². The van der Waals surface area contributed by atoms with Crippen LogP contribution in [0.25, 0.3) is 5.57 Å². The molecule has 0 aliphatic heterocycles. The summed E-state index contributed by atoms with van der Waals surface area (Å²) in [4.78, 5) is 26.1. The standard InChI is InChI=1S/C20H26ClNO4/c1-20(2,3)15(13-8-10-14(21)11-9-13)12-16(22(4)5)17(18(23)25-6)19(24)26-7/h8-12H,1-7H3/b15-12+. The summed E-state index contributed by atoms with van der Waals surface area (Å²) >= 11 is 6.00. The third-order valence-corrected chi connectivity index (χ3v) is 4.01. The molecule has 0 spiro atoms. The Balaban J connectivity index is 3.76. The molecule has 0 fully saturated rings. The molecular formula is C20H26ClNO4. The lowest BCUT2D eigenvalue weighted by atomic mass is 9.81. The zero-order valence-corrected chi connectivity index (χ0v) is 17.1. The number of esters is 2. The van der Waals surface area contributed by atoms with E-state index in [1.54, 1.807) is 31.1 Å². The van der Waals surface area contributed by atoms with Gasteiger partial charge in [0.05, 0.1) is 19.9 Å². The van der Waals surface area contributed by atoms with Crippen LogP contribution in [0.4, 0.5) is 0 Å². The van der Waals surface area contributed by atoms with Crippen molar-refractivity contribution in [2.45, 2.75) is 20.8 Å². The van der Waals surface area contributed by atoms with Crippen LogP contribution in [0.3, 0.4) is 0 Å². The number of halogens is 1. The highest BCUT2D eigenvalue weighted by molar-refractivity contribution is 6.30. The Kier molecular flexibility index (Phi) is 7.45. The van der Waals surface area contributed by atoms with Crippen LogP contribution in [-0.4, -0.2) is 45.2 Å². The number of hydrogen-bond donors (Lipinski definition) is 0. The number of ether oxygens (including phenoxy) is 2. The van der Waals surface area contributed by atoms with Crippen LogP contribution in [-0.2, 0) is 19.1 Å². The van der Waals surface area contributed by atoms with Gasteiger partial charge >= 0.3 is 11.9 Å². The molecule has 1 rings (SSSR count). The number of allylic oxidation sites excluding steroid dienone is 2. The number of likely N-dealkylation sites (N-methyl/N-ethyl adjacent to an activating group) is 1. The van der Waals surface area contributed by atoms with Crippen molar-refractivity contribution in [1.29, 1.82) is 0 Å². The summed E-state index contributed by atoms with van der Waals surface area (Å²) in [7, 11) is 5.96. The van der Waals surface area contributed by atoms with E-state index in [9.17, 15) is 9.59 Å². The minimum Gasteiger partial charge on any atom is -0.465 e. The van der Waals surface area contributed by atoms with E-state index in [0.717, 1.165) is 11.1 Å². The highest BCUT2D eigenvalue weighted by Gasteiger charge is 2.27. The van der Waals surface area contributed by atoms with Crippen molar-refractivity contribution in [2.75, 3.05) is 28.3 Å². The minimum absolute atomic E-state index is 0.157. The molecule has 0 unspecified atom stereocenters. The third-order valence-electron chi connectivity index (χ3n) is 3.76. The SMILES string of the molecule is COC(=O)C(C(=O)OC)=C(/C=C(\c1ccc(Cl)cc1)C(C)(C)C)N(C)C. The van der Waals surface area contributed by atoms with Gasteiger partial charge in [0.2, 0.25) is 0 Å². The van der Waals surface area contributed by atoms with Crippen molar-refractivity contribution >= 4 is 29.1 Å². The highest BCUT2D eigenvalue weighted by atomic mass is 35.5. The van der Waals surface area contributed by atoms with E-state index in [4.69, 9.17) is 21.1 Å². The normalized spacial score (nSPS) is 11.6. The molecule has 0 aliphatic rings. The van der Waals surface area contributed by atoms with E-state index in [1.165, 1.54) is 14.2 Å². The summed E-state index contributed by atoms with van der Waals surface area (Å²) in [6.45, 7) is 6.16. The van der Waals surface area contributed by atoms with E-state index >= 15 is 0 Å². The molecule has 5 nitrogen and oxygen atoms in total. The second-order valence-electron chi connectivity index (χ2n) is 6.95. The molecule has 0 N–H and O–H groups in total. The van der Waals surface area contributed by atoms with Gasteiger partial charge < -0.3 is 14.4 Å². The molecule has 0 heterocycles. The Labute approximate surface area is 160 Å². The Bertz CT molecular complexity index is 707. The first-order chi connectivity index (χ1) is 12.0. The van der Waals surface area contributed by atoms with Gasteiger partial charge in [-0.3, -0.25) is 0 Å². The van der Waals surface area contributed by atoms with Gasteiger partial charge in [-0.05, 0) is 34.8 Å². The maximum absolute atomic E-state index is 12.2. The lowest BCUT2D eigenvalue weighted by Crippen LogP contribution is -2.24. The van der Waals surface area contributed by atoms with Crippen LogP contribution in [0.2, 0.25) is 5.02 Å². The average Bonchev–Trinajstić information content (AvgIpc) is 2.57.